The third-order valence-electron chi connectivity index (χ3n) is 3.47. The Morgan fingerprint density at radius 2 is 1.96 bits per heavy atom. The maximum atomic E-state index is 12.6. The molecule has 2 aromatic rings. The smallest absolute Gasteiger partial charge is 0.363 e. The van der Waals surface area contributed by atoms with Crippen molar-refractivity contribution in [3.63, 3.8) is 0 Å². The number of aliphatic imine (C=N–C) groups is 1. The summed E-state index contributed by atoms with van der Waals surface area (Å²) in [4.78, 5) is 14.5. The summed E-state index contributed by atoms with van der Waals surface area (Å²) < 4.78 is 37.7. The molecule has 0 aliphatic carbocycles. The van der Waals surface area contributed by atoms with E-state index in [1.54, 1.807) is 0 Å². The third-order valence-corrected chi connectivity index (χ3v) is 4.38. The maximum absolute atomic E-state index is 12.6. The minimum atomic E-state index is -4.40. The van der Waals surface area contributed by atoms with Crippen LogP contribution in [0.15, 0.2) is 28.6 Å². The molecule has 2 aromatic heterocycles. The van der Waals surface area contributed by atoms with Crippen LogP contribution < -0.4 is 15.5 Å². The van der Waals surface area contributed by atoms with Crippen LogP contribution in [0.1, 0.15) is 23.3 Å². The molecule has 0 spiro atoms. The van der Waals surface area contributed by atoms with Gasteiger partial charge in [-0.2, -0.15) is 13.2 Å². The van der Waals surface area contributed by atoms with Crippen molar-refractivity contribution in [2.75, 3.05) is 32.1 Å². The first kappa shape index (κ1) is 24.4. The summed E-state index contributed by atoms with van der Waals surface area (Å²) in [7, 11) is 3.84. The summed E-state index contributed by atoms with van der Waals surface area (Å²) in [5, 5.41) is 7.70. The molecular formula is C17H24F3IN6S. The number of alkyl halides is 3. The molecule has 6 nitrogen and oxygen atoms in total. The highest BCUT2D eigenvalue weighted by Crippen LogP contribution is 2.29. The fourth-order valence-electron chi connectivity index (χ4n) is 2.15. The highest BCUT2D eigenvalue weighted by molar-refractivity contribution is 14.0. The largest absolute Gasteiger partial charge is 0.434 e. The molecule has 0 bridgehead atoms. The summed E-state index contributed by atoms with van der Waals surface area (Å²) in [6, 6.07) is 5.74. The Kier molecular flexibility index (Phi) is 9.93. The van der Waals surface area contributed by atoms with Gasteiger partial charge in [-0.1, -0.05) is 6.07 Å². The number of hydrogen-bond acceptors (Lipinski definition) is 5. The molecule has 0 atom stereocenters. The second kappa shape index (κ2) is 11.4. The Morgan fingerprint density at radius 1 is 1.21 bits per heavy atom. The SMILES string of the molecule is CCNC(=NCc1cccc(N(C)C)n1)NCCc1nc(C(F)(F)F)cs1.I. The molecule has 28 heavy (non-hydrogen) atoms. The number of guanidine groups is 1. The van der Waals surface area contributed by atoms with Crippen LogP contribution in [0.2, 0.25) is 0 Å². The van der Waals surface area contributed by atoms with E-state index in [2.05, 4.69) is 25.6 Å². The number of thiazole rings is 1. The van der Waals surface area contributed by atoms with Gasteiger partial charge in [-0.3, -0.25) is 0 Å². The van der Waals surface area contributed by atoms with Crippen LogP contribution in [0.4, 0.5) is 19.0 Å². The average Bonchev–Trinajstić information content (AvgIpc) is 3.09. The Labute approximate surface area is 183 Å². The highest BCUT2D eigenvalue weighted by atomic mass is 127. The molecule has 0 aromatic carbocycles. The fourth-order valence-corrected chi connectivity index (χ4v) is 2.95. The van der Waals surface area contributed by atoms with Crippen molar-refractivity contribution in [2.45, 2.75) is 26.1 Å². The predicted molar refractivity (Wildman–Crippen MR) is 118 cm³/mol. The Morgan fingerprint density at radius 3 is 2.57 bits per heavy atom. The predicted octanol–water partition coefficient (Wildman–Crippen LogP) is 3.54. The number of nitrogens with zero attached hydrogens (tertiary/aromatic N) is 4. The van der Waals surface area contributed by atoms with Crippen LogP contribution in [-0.4, -0.2) is 43.1 Å². The lowest BCUT2D eigenvalue weighted by Gasteiger charge is -2.13. The van der Waals surface area contributed by atoms with Crippen LogP contribution in [-0.2, 0) is 19.1 Å². The first-order valence-electron chi connectivity index (χ1n) is 8.46. The van der Waals surface area contributed by atoms with Crippen LogP contribution >= 0.6 is 35.3 Å². The van der Waals surface area contributed by atoms with E-state index in [0.717, 1.165) is 28.2 Å². The van der Waals surface area contributed by atoms with Crippen molar-refractivity contribution in [2.24, 2.45) is 4.99 Å². The van der Waals surface area contributed by atoms with Gasteiger partial charge in [0.05, 0.1) is 17.2 Å². The van der Waals surface area contributed by atoms with Gasteiger partial charge in [-0.15, -0.1) is 35.3 Å². The summed E-state index contributed by atoms with van der Waals surface area (Å²) in [5.41, 5.74) is -0.0110. The van der Waals surface area contributed by atoms with Crippen molar-refractivity contribution in [3.8, 4) is 0 Å². The zero-order chi connectivity index (χ0) is 19.9. The van der Waals surface area contributed by atoms with Gasteiger partial charge in [0.15, 0.2) is 11.7 Å². The number of pyridine rings is 1. The normalized spacial score (nSPS) is 11.7. The molecule has 0 radical (unpaired) electrons. The van der Waals surface area contributed by atoms with Crippen molar-refractivity contribution < 1.29 is 13.2 Å². The standard InChI is InChI=1S/C17H23F3N6S.HI/c1-4-21-16(23-10-12-6-5-7-14(24-12)26(2)3)22-9-8-15-25-13(11-27-15)17(18,19)20;/h5-7,11H,4,8-10H2,1-3H3,(H2,21,22,23);1H. The molecule has 2 rings (SSSR count). The summed E-state index contributed by atoms with van der Waals surface area (Å²) in [5.74, 6) is 1.44. The van der Waals surface area contributed by atoms with Crippen molar-refractivity contribution in [1.29, 1.82) is 0 Å². The Balaban J connectivity index is 0.00000392. The molecule has 2 N–H and O–H groups in total. The lowest BCUT2D eigenvalue weighted by atomic mass is 10.3. The zero-order valence-electron chi connectivity index (χ0n) is 15.9. The first-order valence-corrected chi connectivity index (χ1v) is 9.34. The summed E-state index contributed by atoms with van der Waals surface area (Å²) in [6.45, 7) is 3.44. The summed E-state index contributed by atoms with van der Waals surface area (Å²) in [6.07, 6.45) is -4.01. The van der Waals surface area contributed by atoms with E-state index in [0.29, 0.717) is 37.0 Å². The Bertz CT molecular complexity index is 763. The second-order valence-electron chi connectivity index (χ2n) is 5.88. The molecule has 0 saturated carbocycles. The second-order valence-corrected chi connectivity index (χ2v) is 6.82. The first-order chi connectivity index (χ1) is 12.8. The number of nitrogens with one attached hydrogen (secondary N) is 2. The third kappa shape index (κ3) is 7.78. The monoisotopic (exact) mass is 528 g/mol. The van der Waals surface area contributed by atoms with Crippen molar-refractivity contribution in [1.82, 2.24) is 20.6 Å². The van der Waals surface area contributed by atoms with Gasteiger partial charge in [0.1, 0.15) is 5.82 Å². The van der Waals surface area contributed by atoms with Gasteiger partial charge in [0, 0.05) is 39.0 Å². The minimum Gasteiger partial charge on any atom is -0.363 e. The molecule has 0 amide bonds. The van der Waals surface area contributed by atoms with Gasteiger partial charge < -0.3 is 15.5 Å². The van der Waals surface area contributed by atoms with Gasteiger partial charge >= 0.3 is 6.18 Å². The number of rotatable bonds is 7. The number of aromatic nitrogens is 2. The average molecular weight is 528 g/mol. The van der Waals surface area contributed by atoms with Crippen LogP contribution in [0.3, 0.4) is 0 Å². The maximum Gasteiger partial charge on any atom is 0.434 e. The fraction of sp³-hybridized carbons (Fsp3) is 0.471. The van der Waals surface area contributed by atoms with E-state index in [1.165, 1.54) is 0 Å². The number of hydrogen-bond donors (Lipinski definition) is 2. The quantitative estimate of drug-likeness (QED) is 0.327. The van der Waals surface area contributed by atoms with Crippen LogP contribution in [0.5, 0.6) is 0 Å². The van der Waals surface area contributed by atoms with Gasteiger partial charge in [0.2, 0.25) is 0 Å². The lowest BCUT2D eigenvalue weighted by Crippen LogP contribution is -2.38. The number of anilines is 1. The molecule has 0 fully saturated rings. The van der Waals surface area contributed by atoms with Gasteiger partial charge in [0.25, 0.3) is 0 Å². The lowest BCUT2D eigenvalue weighted by molar-refractivity contribution is -0.140. The molecule has 0 saturated heterocycles. The molecule has 0 unspecified atom stereocenters. The van der Waals surface area contributed by atoms with Crippen LogP contribution in [0, 0.1) is 0 Å². The van der Waals surface area contributed by atoms with E-state index >= 15 is 0 Å². The molecule has 0 aliphatic rings. The topological polar surface area (TPSA) is 65.4 Å². The summed E-state index contributed by atoms with van der Waals surface area (Å²) >= 11 is 1.01. The van der Waals surface area contributed by atoms with E-state index in [9.17, 15) is 13.2 Å². The van der Waals surface area contributed by atoms with Crippen molar-refractivity contribution in [3.05, 3.63) is 40.0 Å². The minimum absolute atomic E-state index is 0. The van der Waals surface area contributed by atoms with Gasteiger partial charge in [-0.05, 0) is 19.1 Å². The molecule has 156 valence electrons. The number of halogens is 4. The molecular weight excluding hydrogens is 504 g/mol. The van der Waals surface area contributed by atoms with Gasteiger partial charge in [-0.25, -0.2) is 15.0 Å². The van der Waals surface area contributed by atoms with E-state index in [-0.39, 0.29) is 24.0 Å². The molecule has 2 heterocycles. The highest BCUT2D eigenvalue weighted by Gasteiger charge is 2.33. The molecule has 11 heteroatoms. The molecule has 0 aliphatic heterocycles. The van der Waals surface area contributed by atoms with E-state index < -0.39 is 11.9 Å². The van der Waals surface area contributed by atoms with Crippen molar-refractivity contribution >= 4 is 47.1 Å². The Hall–Kier alpha value is -1.63. The van der Waals surface area contributed by atoms with Crippen LogP contribution in [0.25, 0.3) is 0 Å². The van der Waals surface area contributed by atoms with E-state index in [4.69, 9.17) is 0 Å². The zero-order valence-corrected chi connectivity index (χ0v) is 19.0. The van der Waals surface area contributed by atoms with E-state index in [1.807, 2.05) is 44.1 Å².